The van der Waals surface area contributed by atoms with Crippen molar-refractivity contribution in [2.45, 2.75) is 33.7 Å². The fourth-order valence-electron chi connectivity index (χ4n) is 2.00. The SMILES string of the molecule is COC(=O)C(C)(C)[C@@H](N)c1cc(C)cc(C)c1.Cl. The summed E-state index contributed by atoms with van der Waals surface area (Å²) in [5.41, 5.74) is 8.73. The van der Waals surface area contributed by atoms with Gasteiger partial charge < -0.3 is 10.5 Å². The molecule has 0 spiro atoms. The highest BCUT2D eigenvalue weighted by atomic mass is 35.5. The molecule has 2 N–H and O–H groups in total. The fourth-order valence-corrected chi connectivity index (χ4v) is 2.00. The normalized spacial score (nSPS) is 12.6. The highest BCUT2D eigenvalue weighted by Crippen LogP contribution is 2.33. The Labute approximate surface area is 115 Å². The second-order valence-corrected chi connectivity index (χ2v) is 5.11. The van der Waals surface area contributed by atoms with Crippen LogP contribution in [-0.2, 0) is 9.53 Å². The lowest BCUT2D eigenvalue weighted by atomic mass is 9.80. The molecule has 1 rings (SSSR count). The number of carbonyl (C=O) groups is 1. The molecule has 0 aromatic heterocycles. The van der Waals surface area contributed by atoms with Crippen LogP contribution in [0.1, 0.15) is 36.6 Å². The van der Waals surface area contributed by atoms with Gasteiger partial charge in [0.05, 0.1) is 12.5 Å². The molecule has 0 heterocycles. The van der Waals surface area contributed by atoms with Gasteiger partial charge in [0, 0.05) is 6.04 Å². The minimum absolute atomic E-state index is 0. The van der Waals surface area contributed by atoms with Crippen LogP contribution in [-0.4, -0.2) is 13.1 Å². The summed E-state index contributed by atoms with van der Waals surface area (Å²) in [5.74, 6) is -0.288. The number of ether oxygens (including phenoxy) is 1. The Balaban J connectivity index is 0.00000289. The lowest BCUT2D eigenvalue weighted by Crippen LogP contribution is -2.37. The van der Waals surface area contributed by atoms with E-state index in [4.69, 9.17) is 10.5 Å². The first-order valence-electron chi connectivity index (χ1n) is 5.71. The van der Waals surface area contributed by atoms with Crippen LogP contribution in [0.5, 0.6) is 0 Å². The van der Waals surface area contributed by atoms with E-state index in [2.05, 4.69) is 6.07 Å². The zero-order valence-electron chi connectivity index (χ0n) is 11.6. The molecule has 0 radical (unpaired) electrons. The Morgan fingerprint density at radius 2 is 1.67 bits per heavy atom. The van der Waals surface area contributed by atoms with Crippen molar-refractivity contribution in [1.29, 1.82) is 0 Å². The van der Waals surface area contributed by atoms with Crippen LogP contribution in [0, 0.1) is 19.3 Å². The molecular weight excluding hydrogens is 250 g/mol. The van der Waals surface area contributed by atoms with Crippen molar-refractivity contribution >= 4 is 18.4 Å². The lowest BCUT2D eigenvalue weighted by Gasteiger charge is -2.29. The number of hydrogen-bond acceptors (Lipinski definition) is 3. The van der Waals surface area contributed by atoms with Crippen LogP contribution in [0.2, 0.25) is 0 Å². The van der Waals surface area contributed by atoms with Crippen LogP contribution in [0.15, 0.2) is 18.2 Å². The van der Waals surface area contributed by atoms with E-state index >= 15 is 0 Å². The molecule has 1 aromatic carbocycles. The number of hydrogen-bond donors (Lipinski definition) is 1. The Hall–Kier alpha value is -1.06. The van der Waals surface area contributed by atoms with Crippen LogP contribution in [0.4, 0.5) is 0 Å². The first-order valence-corrected chi connectivity index (χ1v) is 5.71. The van der Waals surface area contributed by atoms with Gasteiger partial charge in [-0.25, -0.2) is 0 Å². The average molecular weight is 272 g/mol. The zero-order valence-corrected chi connectivity index (χ0v) is 12.4. The van der Waals surface area contributed by atoms with Gasteiger partial charge in [-0.15, -0.1) is 12.4 Å². The van der Waals surface area contributed by atoms with Gasteiger partial charge in [-0.2, -0.15) is 0 Å². The number of methoxy groups -OCH3 is 1. The number of aryl methyl sites for hydroxylation is 2. The third-order valence-corrected chi connectivity index (χ3v) is 3.09. The van der Waals surface area contributed by atoms with Crippen molar-refractivity contribution in [2.75, 3.05) is 7.11 Å². The van der Waals surface area contributed by atoms with Crippen LogP contribution in [0.3, 0.4) is 0 Å². The number of nitrogens with two attached hydrogens (primary N) is 1. The molecule has 0 saturated carbocycles. The van der Waals surface area contributed by atoms with Crippen molar-refractivity contribution in [3.05, 3.63) is 34.9 Å². The molecule has 4 heteroatoms. The molecule has 0 amide bonds. The van der Waals surface area contributed by atoms with Gasteiger partial charge in [0.1, 0.15) is 0 Å². The number of carbonyl (C=O) groups excluding carboxylic acids is 1. The van der Waals surface area contributed by atoms with E-state index in [0.29, 0.717) is 0 Å². The summed E-state index contributed by atoms with van der Waals surface area (Å²) in [6, 6.07) is 5.75. The summed E-state index contributed by atoms with van der Waals surface area (Å²) < 4.78 is 4.80. The molecule has 18 heavy (non-hydrogen) atoms. The topological polar surface area (TPSA) is 52.3 Å². The van der Waals surface area contributed by atoms with E-state index < -0.39 is 5.41 Å². The summed E-state index contributed by atoms with van der Waals surface area (Å²) in [7, 11) is 1.39. The average Bonchev–Trinajstić information content (AvgIpc) is 2.25. The number of esters is 1. The van der Waals surface area contributed by atoms with Gasteiger partial charge in [-0.05, 0) is 33.3 Å². The molecule has 0 saturated heterocycles. The van der Waals surface area contributed by atoms with Crippen molar-refractivity contribution in [2.24, 2.45) is 11.1 Å². The predicted octanol–water partition coefficient (Wildman–Crippen LogP) is 2.92. The quantitative estimate of drug-likeness (QED) is 0.860. The third kappa shape index (κ3) is 3.47. The fraction of sp³-hybridized carbons (Fsp3) is 0.500. The van der Waals surface area contributed by atoms with Crippen LogP contribution in [0.25, 0.3) is 0 Å². The van der Waals surface area contributed by atoms with Gasteiger partial charge in [0.2, 0.25) is 0 Å². The number of benzene rings is 1. The smallest absolute Gasteiger partial charge is 0.313 e. The van der Waals surface area contributed by atoms with Gasteiger partial charge in [0.15, 0.2) is 0 Å². The van der Waals surface area contributed by atoms with Crippen LogP contribution < -0.4 is 5.73 Å². The van der Waals surface area contributed by atoms with Crippen molar-refractivity contribution < 1.29 is 9.53 Å². The standard InChI is InChI=1S/C14H21NO2.ClH/c1-9-6-10(2)8-11(7-9)12(15)14(3,4)13(16)17-5;/h6-8,12H,15H2,1-5H3;1H/t12-;/m0./s1. The molecule has 1 aromatic rings. The van der Waals surface area contributed by atoms with Gasteiger partial charge >= 0.3 is 5.97 Å². The second kappa shape index (κ2) is 6.21. The highest BCUT2D eigenvalue weighted by molar-refractivity contribution is 5.85. The largest absolute Gasteiger partial charge is 0.469 e. The first kappa shape index (κ1) is 16.9. The summed E-state index contributed by atoms with van der Waals surface area (Å²) in [6.45, 7) is 7.66. The second-order valence-electron chi connectivity index (χ2n) is 5.11. The molecule has 0 aliphatic heterocycles. The Morgan fingerprint density at radius 3 is 2.06 bits per heavy atom. The maximum atomic E-state index is 11.7. The van der Waals surface area contributed by atoms with Gasteiger partial charge in [0.25, 0.3) is 0 Å². The summed E-state index contributed by atoms with van der Waals surface area (Å²) in [4.78, 5) is 11.7. The third-order valence-electron chi connectivity index (χ3n) is 3.09. The van der Waals surface area contributed by atoms with E-state index in [9.17, 15) is 4.79 Å². The van der Waals surface area contributed by atoms with E-state index in [1.165, 1.54) is 7.11 Å². The Bertz CT molecular complexity index is 410. The van der Waals surface area contributed by atoms with E-state index in [-0.39, 0.29) is 24.4 Å². The minimum atomic E-state index is -0.727. The maximum absolute atomic E-state index is 11.7. The molecule has 0 aliphatic rings. The molecule has 0 unspecified atom stereocenters. The van der Waals surface area contributed by atoms with Gasteiger partial charge in [-0.3, -0.25) is 4.79 Å². The van der Waals surface area contributed by atoms with E-state index in [1.54, 1.807) is 13.8 Å². The first-order chi connectivity index (χ1) is 7.78. The van der Waals surface area contributed by atoms with E-state index in [1.807, 2.05) is 26.0 Å². The molecule has 1 atom stereocenters. The molecule has 0 fully saturated rings. The van der Waals surface area contributed by atoms with E-state index in [0.717, 1.165) is 16.7 Å². The van der Waals surface area contributed by atoms with Crippen molar-refractivity contribution in [3.8, 4) is 0 Å². The summed E-state index contributed by atoms with van der Waals surface area (Å²) in [6.07, 6.45) is 0. The number of rotatable bonds is 3. The monoisotopic (exact) mass is 271 g/mol. The predicted molar refractivity (Wildman–Crippen MR) is 75.9 cm³/mol. The van der Waals surface area contributed by atoms with Crippen molar-refractivity contribution in [3.63, 3.8) is 0 Å². The number of halogens is 1. The highest BCUT2D eigenvalue weighted by Gasteiger charge is 2.36. The molecule has 0 aliphatic carbocycles. The Morgan fingerprint density at radius 1 is 1.22 bits per heavy atom. The zero-order chi connectivity index (χ0) is 13.2. The summed E-state index contributed by atoms with van der Waals surface area (Å²) in [5, 5.41) is 0. The molecular formula is C14H22ClNO2. The van der Waals surface area contributed by atoms with Gasteiger partial charge in [-0.1, -0.05) is 29.3 Å². The molecule has 102 valence electrons. The lowest BCUT2D eigenvalue weighted by molar-refractivity contribution is -0.152. The molecule has 3 nitrogen and oxygen atoms in total. The van der Waals surface area contributed by atoms with Crippen molar-refractivity contribution in [1.82, 2.24) is 0 Å². The molecule has 0 bridgehead atoms. The summed E-state index contributed by atoms with van der Waals surface area (Å²) >= 11 is 0. The minimum Gasteiger partial charge on any atom is -0.469 e. The van der Waals surface area contributed by atoms with Crippen LogP contribution >= 0.6 is 12.4 Å². The Kier molecular flexibility index (Phi) is 5.84. The maximum Gasteiger partial charge on any atom is 0.313 e.